The molecular formula is C33H28N4O4. The van der Waals surface area contributed by atoms with Gasteiger partial charge in [-0.05, 0) is 53.8 Å². The molecule has 0 aliphatic heterocycles. The quantitative estimate of drug-likeness (QED) is 0.172. The summed E-state index contributed by atoms with van der Waals surface area (Å²) < 4.78 is 5.58. The third-order valence-corrected chi connectivity index (χ3v) is 6.60. The van der Waals surface area contributed by atoms with Gasteiger partial charge in [0.25, 0.3) is 11.8 Å². The number of para-hydroxylation sites is 1. The number of fused-ring (bicyclic) bond motifs is 1. The first-order chi connectivity index (χ1) is 20.0. The molecule has 0 bridgehead atoms. The predicted molar refractivity (Wildman–Crippen MR) is 161 cm³/mol. The molecule has 0 aliphatic rings. The Hall–Kier alpha value is -5.50. The highest BCUT2D eigenvalue weighted by Gasteiger charge is 2.19. The van der Waals surface area contributed by atoms with E-state index in [1.54, 1.807) is 60.7 Å². The van der Waals surface area contributed by atoms with Crippen LogP contribution in [0.4, 0.5) is 22.7 Å². The fraction of sp³-hybridized carbons (Fsp3) is 0.0909. The first kappa shape index (κ1) is 27.1. The summed E-state index contributed by atoms with van der Waals surface area (Å²) >= 11 is 0. The van der Waals surface area contributed by atoms with E-state index in [2.05, 4.69) is 20.9 Å². The molecule has 8 heteroatoms. The van der Waals surface area contributed by atoms with E-state index in [0.29, 0.717) is 40.2 Å². The number of aromatic hydroxyl groups is 1. The van der Waals surface area contributed by atoms with Crippen LogP contribution in [-0.4, -0.2) is 24.0 Å². The number of amides is 2. The lowest BCUT2D eigenvalue weighted by Crippen LogP contribution is -2.13. The Morgan fingerprint density at radius 1 is 0.805 bits per heavy atom. The second-order valence-electron chi connectivity index (χ2n) is 9.22. The molecule has 5 aromatic rings. The van der Waals surface area contributed by atoms with Gasteiger partial charge in [0.2, 0.25) is 0 Å². The molecule has 2 amide bonds. The number of rotatable bonds is 8. The molecule has 41 heavy (non-hydrogen) atoms. The maximum atomic E-state index is 13.1. The second-order valence-corrected chi connectivity index (χ2v) is 9.22. The Morgan fingerprint density at radius 2 is 1.49 bits per heavy atom. The van der Waals surface area contributed by atoms with Gasteiger partial charge in [0.1, 0.15) is 17.1 Å². The highest BCUT2D eigenvalue weighted by molar-refractivity contribution is 6.11. The topological polar surface area (TPSA) is 112 Å². The minimum Gasteiger partial charge on any atom is -0.505 e. The molecule has 0 saturated heterocycles. The molecule has 204 valence electrons. The van der Waals surface area contributed by atoms with Gasteiger partial charge in [-0.1, -0.05) is 67.6 Å². The lowest BCUT2D eigenvalue weighted by atomic mass is 10.0. The van der Waals surface area contributed by atoms with Gasteiger partial charge in [-0.25, -0.2) is 0 Å². The van der Waals surface area contributed by atoms with E-state index in [9.17, 15) is 14.7 Å². The monoisotopic (exact) mass is 544 g/mol. The van der Waals surface area contributed by atoms with Crippen molar-refractivity contribution in [1.29, 1.82) is 0 Å². The van der Waals surface area contributed by atoms with Gasteiger partial charge in [0.05, 0.1) is 12.7 Å². The third kappa shape index (κ3) is 5.91. The van der Waals surface area contributed by atoms with E-state index >= 15 is 0 Å². The molecule has 0 spiro atoms. The fourth-order valence-electron chi connectivity index (χ4n) is 4.46. The number of nitrogens with zero attached hydrogens (tertiary/aromatic N) is 2. The molecule has 0 aliphatic carbocycles. The smallest absolute Gasteiger partial charge is 0.259 e. The van der Waals surface area contributed by atoms with E-state index in [0.717, 1.165) is 10.9 Å². The molecule has 5 rings (SSSR count). The van der Waals surface area contributed by atoms with E-state index in [-0.39, 0.29) is 22.9 Å². The number of methoxy groups -OCH3 is 1. The van der Waals surface area contributed by atoms with Crippen molar-refractivity contribution in [3.63, 3.8) is 0 Å². The molecule has 0 fully saturated rings. The molecule has 0 heterocycles. The van der Waals surface area contributed by atoms with Crippen LogP contribution >= 0.6 is 0 Å². The number of hydrogen-bond donors (Lipinski definition) is 3. The summed E-state index contributed by atoms with van der Waals surface area (Å²) in [5.41, 5.74) is 3.20. The van der Waals surface area contributed by atoms with E-state index in [1.807, 2.05) is 49.4 Å². The number of aryl methyl sites for hydroxylation is 1. The van der Waals surface area contributed by atoms with Crippen molar-refractivity contribution in [2.24, 2.45) is 10.2 Å². The molecule has 0 radical (unpaired) electrons. The Kier molecular flexibility index (Phi) is 8.01. The average molecular weight is 545 g/mol. The largest absolute Gasteiger partial charge is 0.505 e. The van der Waals surface area contributed by atoms with Crippen molar-refractivity contribution < 1.29 is 19.4 Å². The number of nitrogens with one attached hydrogen (secondary N) is 2. The molecule has 8 nitrogen and oxygen atoms in total. The Bertz CT molecular complexity index is 1750. The number of hydrogen-bond acceptors (Lipinski definition) is 6. The summed E-state index contributed by atoms with van der Waals surface area (Å²) in [6, 6.07) is 30.4. The van der Waals surface area contributed by atoms with Gasteiger partial charge < -0.3 is 20.5 Å². The van der Waals surface area contributed by atoms with Crippen LogP contribution in [0.15, 0.2) is 113 Å². The van der Waals surface area contributed by atoms with Crippen molar-refractivity contribution in [1.82, 2.24) is 0 Å². The standard InChI is InChI=1S/C33H28N4O4/c1-3-21-19-28(29(41-2)20-27(21)35-32(39)22-12-6-4-7-13-22)36-37-30-25-17-11-10-14-23(25)18-26(31(30)38)33(40)34-24-15-8-5-9-16-24/h4-20,38H,3H2,1-2H3,(H,34,40)(H,35,39). The minimum atomic E-state index is -0.472. The number of phenolic OH excluding ortho intramolecular Hbond substituents is 1. The van der Waals surface area contributed by atoms with Gasteiger partial charge in [0, 0.05) is 28.4 Å². The SMILES string of the molecule is CCc1cc(N=Nc2c(O)c(C(=O)Nc3ccccc3)cc3ccccc23)c(OC)cc1NC(=O)c1ccccc1. The van der Waals surface area contributed by atoms with E-state index in [4.69, 9.17) is 4.74 Å². The maximum Gasteiger partial charge on any atom is 0.259 e. The molecular weight excluding hydrogens is 516 g/mol. The lowest BCUT2D eigenvalue weighted by Gasteiger charge is -2.14. The van der Waals surface area contributed by atoms with Crippen molar-refractivity contribution in [2.45, 2.75) is 13.3 Å². The van der Waals surface area contributed by atoms with Crippen LogP contribution in [0.25, 0.3) is 10.8 Å². The summed E-state index contributed by atoms with van der Waals surface area (Å²) in [6.07, 6.45) is 0.611. The number of carbonyl (C=O) groups is 2. The average Bonchev–Trinajstić information content (AvgIpc) is 3.01. The molecule has 0 aromatic heterocycles. The molecule has 5 aromatic carbocycles. The first-order valence-corrected chi connectivity index (χ1v) is 13.1. The minimum absolute atomic E-state index is 0.0710. The van der Waals surface area contributed by atoms with Gasteiger partial charge in [-0.2, -0.15) is 0 Å². The summed E-state index contributed by atoms with van der Waals surface area (Å²) in [4.78, 5) is 25.9. The van der Waals surface area contributed by atoms with Gasteiger partial charge in [-0.3, -0.25) is 9.59 Å². The van der Waals surface area contributed by atoms with E-state index < -0.39 is 5.91 Å². The zero-order valence-corrected chi connectivity index (χ0v) is 22.6. The Morgan fingerprint density at radius 3 is 2.20 bits per heavy atom. The van der Waals surface area contributed by atoms with Crippen molar-refractivity contribution in [2.75, 3.05) is 17.7 Å². The third-order valence-electron chi connectivity index (χ3n) is 6.60. The Balaban J connectivity index is 1.52. The van der Waals surface area contributed by atoms with Crippen LogP contribution in [0, 0.1) is 0 Å². The normalized spacial score (nSPS) is 11.0. The molecule has 0 saturated carbocycles. The second kappa shape index (κ2) is 12.1. The summed E-state index contributed by atoms with van der Waals surface area (Å²) in [6.45, 7) is 1.97. The summed E-state index contributed by atoms with van der Waals surface area (Å²) in [7, 11) is 1.50. The molecule has 0 atom stereocenters. The number of phenols is 1. The van der Waals surface area contributed by atoms with Crippen molar-refractivity contribution in [3.05, 3.63) is 120 Å². The van der Waals surface area contributed by atoms with Crippen LogP contribution in [0.5, 0.6) is 11.5 Å². The Labute approximate surface area is 237 Å². The lowest BCUT2D eigenvalue weighted by molar-refractivity contribution is 0.101. The summed E-state index contributed by atoms with van der Waals surface area (Å²) in [5, 5.41) is 27.1. The number of carbonyl (C=O) groups excluding carboxylic acids is 2. The molecule has 3 N–H and O–H groups in total. The highest BCUT2D eigenvalue weighted by atomic mass is 16.5. The predicted octanol–water partition coefficient (Wildman–Crippen LogP) is 8.04. The van der Waals surface area contributed by atoms with Crippen LogP contribution in [0.2, 0.25) is 0 Å². The number of ether oxygens (including phenoxy) is 1. The van der Waals surface area contributed by atoms with E-state index in [1.165, 1.54) is 7.11 Å². The number of benzene rings is 5. The fourth-order valence-corrected chi connectivity index (χ4v) is 4.46. The highest BCUT2D eigenvalue weighted by Crippen LogP contribution is 2.41. The summed E-state index contributed by atoms with van der Waals surface area (Å²) in [5.74, 6) is -0.614. The molecule has 0 unspecified atom stereocenters. The van der Waals surface area contributed by atoms with Crippen LogP contribution in [0.3, 0.4) is 0 Å². The van der Waals surface area contributed by atoms with Crippen LogP contribution in [0.1, 0.15) is 33.2 Å². The van der Waals surface area contributed by atoms with Gasteiger partial charge in [-0.15, -0.1) is 10.2 Å². The van der Waals surface area contributed by atoms with Crippen molar-refractivity contribution >= 4 is 45.3 Å². The van der Waals surface area contributed by atoms with Crippen LogP contribution in [-0.2, 0) is 6.42 Å². The number of azo groups is 1. The zero-order valence-electron chi connectivity index (χ0n) is 22.6. The first-order valence-electron chi connectivity index (χ1n) is 13.1. The van der Waals surface area contributed by atoms with Crippen LogP contribution < -0.4 is 15.4 Å². The van der Waals surface area contributed by atoms with Crippen molar-refractivity contribution in [3.8, 4) is 11.5 Å². The zero-order chi connectivity index (χ0) is 28.8. The number of anilines is 2. The maximum absolute atomic E-state index is 13.1. The van der Waals surface area contributed by atoms with Gasteiger partial charge in [0.15, 0.2) is 5.75 Å². The van der Waals surface area contributed by atoms with Gasteiger partial charge >= 0.3 is 0 Å².